The summed E-state index contributed by atoms with van der Waals surface area (Å²) in [4.78, 5) is 22.1. The van der Waals surface area contributed by atoms with Gasteiger partial charge in [-0.25, -0.2) is 0 Å². The van der Waals surface area contributed by atoms with Gasteiger partial charge in [0.05, 0.1) is 11.3 Å². The number of amides is 1. The molecule has 35 heavy (non-hydrogen) atoms. The molecule has 2 fully saturated rings. The first kappa shape index (κ1) is 25.9. The van der Waals surface area contributed by atoms with Gasteiger partial charge in [0.25, 0.3) is 0 Å². The predicted octanol–water partition coefficient (Wildman–Crippen LogP) is 4.32. The molecule has 192 valence electrons. The number of piperidine rings is 1. The van der Waals surface area contributed by atoms with Crippen molar-refractivity contribution in [1.82, 2.24) is 9.80 Å². The summed E-state index contributed by atoms with van der Waals surface area (Å²) >= 11 is 0. The normalized spacial score (nSPS) is 25.9. The number of hydrogen-bond donors (Lipinski definition) is 2. The maximum atomic E-state index is 13.3. The molecule has 1 saturated heterocycles. The molecule has 0 aromatic heterocycles. The second-order valence-electron chi connectivity index (χ2n) is 11.7. The van der Waals surface area contributed by atoms with Crippen LogP contribution in [0.4, 0.5) is 0 Å². The van der Waals surface area contributed by atoms with E-state index in [-0.39, 0.29) is 11.8 Å². The minimum absolute atomic E-state index is 0.0665. The monoisotopic (exact) mass is 480 g/mol. The molecule has 1 amide bonds. The zero-order valence-corrected chi connectivity index (χ0v) is 21.9. The fourth-order valence-corrected chi connectivity index (χ4v) is 6.06. The Morgan fingerprint density at radius 3 is 2.51 bits per heavy atom. The number of aliphatic hydroxyl groups is 1. The van der Waals surface area contributed by atoms with E-state index in [1.54, 1.807) is 0 Å². The summed E-state index contributed by atoms with van der Waals surface area (Å²) in [6.45, 7) is 9.07. The largest absolute Gasteiger partial charge is 0.387 e. The van der Waals surface area contributed by atoms with E-state index in [2.05, 4.69) is 37.8 Å². The number of likely N-dealkylation sites (tertiary alicyclic amines) is 1. The smallest absolute Gasteiger partial charge is 0.225 e. The number of benzene rings is 1. The lowest BCUT2D eigenvalue weighted by Gasteiger charge is -2.52. The summed E-state index contributed by atoms with van der Waals surface area (Å²) in [5.74, 6) is 1.03. The Bertz CT molecular complexity index is 933. The zero-order chi connectivity index (χ0) is 25.1. The van der Waals surface area contributed by atoms with Crippen LogP contribution in [0.5, 0.6) is 0 Å². The van der Waals surface area contributed by atoms with Crippen molar-refractivity contribution in [3.63, 3.8) is 0 Å². The quantitative estimate of drug-likeness (QED) is 0.609. The van der Waals surface area contributed by atoms with E-state index < -0.39 is 11.0 Å². The first-order chi connectivity index (χ1) is 16.7. The molecule has 0 radical (unpaired) electrons. The second-order valence-corrected chi connectivity index (χ2v) is 11.7. The van der Waals surface area contributed by atoms with E-state index in [0.29, 0.717) is 45.2 Å². The highest BCUT2D eigenvalue weighted by Crippen LogP contribution is 2.40. The molecule has 3 aliphatic rings. The first-order valence-electron chi connectivity index (χ1n) is 13.5. The molecule has 2 atom stereocenters. The van der Waals surface area contributed by atoms with Gasteiger partial charge < -0.3 is 20.6 Å². The van der Waals surface area contributed by atoms with Gasteiger partial charge in [0.1, 0.15) is 6.67 Å². The Kier molecular flexibility index (Phi) is 8.02. The van der Waals surface area contributed by atoms with Crippen LogP contribution in [0.15, 0.2) is 41.5 Å². The molecule has 0 spiro atoms. The molecule has 2 unspecified atom stereocenters. The van der Waals surface area contributed by atoms with Gasteiger partial charge in [0.2, 0.25) is 5.91 Å². The second kappa shape index (κ2) is 10.8. The maximum absolute atomic E-state index is 13.3. The van der Waals surface area contributed by atoms with Crippen molar-refractivity contribution < 1.29 is 9.90 Å². The Hall–Kier alpha value is -2.18. The third-order valence-corrected chi connectivity index (χ3v) is 8.60. The van der Waals surface area contributed by atoms with E-state index >= 15 is 0 Å². The van der Waals surface area contributed by atoms with Crippen molar-refractivity contribution >= 4 is 11.6 Å². The summed E-state index contributed by atoms with van der Waals surface area (Å²) in [5, 5.41) is 11.7. The fraction of sp³-hybridized carbons (Fsp3) is 0.655. The van der Waals surface area contributed by atoms with Crippen molar-refractivity contribution in [3.8, 4) is 0 Å². The highest BCUT2D eigenvalue weighted by atomic mass is 16.3. The van der Waals surface area contributed by atoms with Crippen molar-refractivity contribution in [2.45, 2.75) is 77.9 Å². The predicted molar refractivity (Wildman–Crippen MR) is 142 cm³/mol. The van der Waals surface area contributed by atoms with Gasteiger partial charge in [-0.2, -0.15) is 0 Å². The van der Waals surface area contributed by atoms with Crippen LogP contribution in [-0.4, -0.2) is 58.4 Å². The molecule has 0 bridgehead atoms. The Balaban J connectivity index is 1.32. The van der Waals surface area contributed by atoms with E-state index in [0.717, 1.165) is 23.3 Å². The van der Waals surface area contributed by atoms with Crippen molar-refractivity contribution in [2.24, 2.45) is 28.0 Å². The minimum atomic E-state index is -0.878. The third-order valence-electron chi connectivity index (χ3n) is 8.60. The standard InChI is InChI=1S/C29H44N4O2/c1-22(17-23-7-5-4-6-8-23)27(34)33-16-14-29(35,28(2,3)19-33)20-32-15-13-26(31-21-32)25-11-9-24(18-30)10-12-25/h9-13,15,22-23,35H,4-8,14,16-21,30H2,1-3H3. The molecule has 3 N–H and O–H groups in total. The van der Waals surface area contributed by atoms with Gasteiger partial charge in [0, 0.05) is 43.7 Å². The molecule has 2 heterocycles. The van der Waals surface area contributed by atoms with Crippen LogP contribution in [0, 0.1) is 17.3 Å². The average Bonchev–Trinajstić information content (AvgIpc) is 2.86. The molecular formula is C29H44N4O2. The molecule has 1 aliphatic carbocycles. The lowest BCUT2D eigenvalue weighted by molar-refractivity contribution is -0.157. The van der Waals surface area contributed by atoms with Crippen LogP contribution in [0.25, 0.3) is 0 Å². The highest BCUT2D eigenvalue weighted by molar-refractivity contribution is 6.08. The first-order valence-corrected chi connectivity index (χ1v) is 13.5. The number of β-amino-alcohol motifs (C(OH)–C–C–N with tert-alkyl or cyclic N) is 1. The summed E-state index contributed by atoms with van der Waals surface area (Å²) in [7, 11) is 0. The van der Waals surface area contributed by atoms with Gasteiger partial charge >= 0.3 is 0 Å². The van der Waals surface area contributed by atoms with Crippen LogP contribution in [0.3, 0.4) is 0 Å². The number of carbonyl (C=O) groups excluding carboxylic acids is 1. The van der Waals surface area contributed by atoms with Crippen LogP contribution in [0.2, 0.25) is 0 Å². The van der Waals surface area contributed by atoms with E-state index in [1.165, 1.54) is 32.1 Å². The minimum Gasteiger partial charge on any atom is -0.387 e. The molecule has 4 rings (SSSR count). The Morgan fingerprint density at radius 1 is 1.20 bits per heavy atom. The lowest BCUT2D eigenvalue weighted by atomic mass is 9.69. The Morgan fingerprint density at radius 2 is 1.91 bits per heavy atom. The molecule has 6 heteroatoms. The number of rotatable bonds is 7. The molecule has 1 aromatic rings. The molecule has 1 saturated carbocycles. The van der Waals surface area contributed by atoms with Crippen molar-refractivity contribution in [2.75, 3.05) is 26.3 Å². The van der Waals surface area contributed by atoms with Crippen LogP contribution in [-0.2, 0) is 11.3 Å². The van der Waals surface area contributed by atoms with Crippen LogP contribution >= 0.6 is 0 Å². The summed E-state index contributed by atoms with van der Waals surface area (Å²) in [6, 6.07) is 8.18. The Labute approximate surface area is 211 Å². The van der Waals surface area contributed by atoms with Gasteiger partial charge in [0.15, 0.2) is 0 Å². The van der Waals surface area contributed by atoms with Gasteiger partial charge in [-0.15, -0.1) is 0 Å². The molecule has 6 nitrogen and oxygen atoms in total. The number of nitrogens with zero attached hydrogens (tertiary/aromatic N) is 3. The van der Waals surface area contributed by atoms with E-state index in [9.17, 15) is 9.90 Å². The molecule has 1 aromatic carbocycles. The SMILES string of the molecule is CC(CC1CCCCC1)C(=O)N1CCC(O)(CN2C=CC(c3ccc(CN)cc3)=NC2)C(C)(C)C1. The number of allylic oxidation sites excluding steroid dienone is 1. The van der Waals surface area contributed by atoms with Gasteiger partial charge in [-0.05, 0) is 36.0 Å². The van der Waals surface area contributed by atoms with Crippen LogP contribution in [0.1, 0.15) is 76.8 Å². The van der Waals surface area contributed by atoms with Crippen molar-refractivity contribution in [1.29, 1.82) is 0 Å². The third kappa shape index (κ3) is 5.97. The number of hydrogen-bond acceptors (Lipinski definition) is 5. The summed E-state index contributed by atoms with van der Waals surface area (Å²) in [6.07, 6.45) is 12.2. The molecular weight excluding hydrogens is 436 g/mol. The van der Waals surface area contributed by atoms with Gasteiger partial charge in [-0.1, -0.05) is 77.1 Å². The number of aliphatic imine (C=N–C) groups is 1. The highest BCUT2D eigenvalue weighted by Gasteiger charge is 2.49. The zero-order valence-electron chi connectivity index (χ0n) is 21.9. The number of carbonyl (C=O) groups is 1. The lowest BCUT2D eigenvalue weighted by Crippen LogP contribution is -2.62. The summed E-state index contributed by atoms with van der Waals surface area (Å²) in [5.41, 5.74) is 7.55. The van der Waals surface area contributed by atoms with Gasteiger partial charge in [-0.3, -0.25) is 9.79 Å². The van der Waals surface area contributed by atoms with Crippen molar-refractivity contribution in [3.05, 3.63) is 47.7 Å². The maximum Gasteiger partial charge on any atom is 0.225 e. The topological polar surface area (TPSA) is 82.2 Å². The van der Waals surface area contributed by atoms with Crippen LogP contribution < -0.4 is 5.73 Å². The van der Waals surface area contributed by atoms with E-state index in [1.807, 2.05) is 29.3 Å². The molecule has 2 aliphatic heterocycles. The summed E-state index contributed by atoms with van der Waals surface area (Å²) < 4.78 is 0. The number of nitrogens with two attached hydrogens (primary N) is 1. The average molecular weight is 481 g/mol. The van der Waals surface area contributed by atoms with E-state index in [4.69, 9.17) is 10.7 Å². The fourth-order valence-electron chi connectivity index (χ4n) is 6.06.